The molecule has 0 aliphatic rings. The third-order valence-electron chi connectivity index (χ3n) is 17.9. The van der Waals surface area contributed by atoms with Crippen LogP contribution in [0, 0.1) is 10.8 Å². The minimum Gasteiger partial charge on any atom is -0.481 e. The van der Waals surface area contributed by atoms with Gasteiger partial charge in [0.25, 0.3) is 0 Å². The monoisotopic (exact) mass is 1780 g/mol. The lowest BCUT2D eigenvalue weighted by molar-refractivity contribution is -0.140. The summed E-state index contributed by atoms with van der Waals surface area (Å²) >= 11 is 0. The number of aliphatic carboxylic acids is 4. The van der Waals surface area contributed by atoms with Gasteiger partial charge in [-0.25, -0.2) is 0 Å². The van der Waals surface area contributed by atoms with Crippen molar-refractivity contribution in [2.24, 2.45) is 67.3 Å². The van der Waals surface area contributed by atoms with Gasteiger partial charge < -0.3 is 147 Å². The summed E-state index contributed by atoms with van der Waals surface area (Å²) in [5.74, 6) is -21.2. The van der Waals surface area contributed by atoms with Gasteiger partial charge in [-0.3, -0.25) is 121 Å². The lowest BCUT2D eigenvalue weighted by Crippen LogP contribution is -2.60. The van der Waals surface area contributed by atoms with Crippen LogP contribution in [0.1, 0.15) is 214 Å². The van der Waals surface area contributed by atoms with Crippen LogP contribution in [0.3, 0.4) is 0 Å². The van der Waals surface area contributed by atoms with E-state index in [1.54, 1.807) is 13.8 Å². The number of carbonyl (C=O) groups excluding carboxylic acids is 17. The molecule has 0 aromatic heterocycles. The highest BCUT2D eigenvalue weighted by Crippen LogP contribution is 2.15. The number of nitrogens with one attached hydrogen (secondary N) is 15. The third-order valence-corrected chi connectivity index (χ3v) is 17.9. The topological polar surface area (TPSA) is 928 Å². The van der Waals surface area contributed by atoms with Crippen LogP contribution in [0.2, 0.25) is 0 Å². The first kappa shape index (κ1) is 113. The predicted octanol–water partition coefficient (Wildman–Crippen LogP) is -9.00. The van der Waals surface area contributed by atoms with Crippen LogP contribution in [0.5, 0.6) is 0 Å². The maximum Gasteiger partial charge on any atom is 0.303 e. The number of carbonyl (C=O) groups is 21. The van der Waals surface area contributed by atoms with Crippen molar-refractivity contribution in [3.05, 3.63) is 0 Å². The zero-order chi connectivity index (χ0) is 95.8. The molecule has 17 amide bonds. The number of amidine groups is 2. The van der Waals surface area contributed by atoms with Gasteiger partial charge in [0.05, 0.1) is 11.7 Å². The second kappa shape index (κ2) is 62.5. The Hall–Kier alpha value is -13.6. The fourth-order valence-electron chi connectivity index (χ4n) is 11.4. The third kappa shape index (κ3) is 54.4. The quantitative estimate of drug-likeness (QED) is 0.0153. The molecule has 39 N–H and O–H groups in total. The maximum absolute atomic E-state index is 13.9. The van der Waals surface area contributed by atoms with Gasteiger partial charge in [-0.15, -0.1) is 0 Å². The number of guanidine groups is 2. The molecular formula is C73H127N27O25. The van der Waals surface area contributed by atoms with E-state index < -0.39 is 261 Å². The lowest BCUT2D eigenvalue weighted by Gasteiger charge is -2.27. The molecule has 125 heavy (non-hydrogen) atoms. The van der Waals surface area contributed by atoms with Crippen LogP contribution in [-0.2, 0) is 101 Å². The first-order chi connectivity index (χ1) is 58.4. The van der Waals surface area contributed by atoms with Crippen molar-refractivity contribution in [3.63, 3.8) is 0 Å². The highest BCUT2D eigenvalue weighted by Gasteiger charge is 2.37. The number of unbranched alkanes of at least 4 members (excludes halogenated alkanes) is 2. The minimum atomic E-state index is -1.61. The van der Waals surface area contributed by atoms with Crippen molar-refractivity contribution in [1.82, 2.24) is 69.1 Å². The van der Waals surface area contributed by atoms with Crippen molar-refractivity contribution in [1.29, 1.82) is 10.8 Å². The SMILES string of the molecule is CCCC(NC(=O)C(CCC(=O)O)NC(=O)C(CCC(=O)O)NC(C)=O)C(=O)NC(CCC(N)=O)C(=O)NC(CCCCC(=N)N)C(=O)NC(CCCN=C(N)N)C(=O)NC(C)C(N)=O.CCCC(NC(=O)C(CCC(=O)O)NC(=O)C(CCC(=O)O)NC(C)=O)C(=O)NC(CCC(N)=O)C(=O)NC(CCCCC(=N)N)C(=O)NC(CCCN=C(N)N)C(N)=O. The molecule has 0 aromatic rings. The molecule has 704 valence electrons. The Labute approximate surface area is 719 Å². The van der Waals surface area contributed by atoms with Crippen LogP contribution in [0.15, 0.2) is 9.98 Å². The molecule has 0 fully saturated rings. The molecule has 0 heterocycles. The zero-order valence-corrected chi connectivity index (χ0v) is 70.7. The van der Waals surface area contributed by atoms with Crippen LogP contribution in [0.4, 0.5) is 0 Å². The molecule has 52 heteroatoms. The second-order valence-corrected chi connectivity index (χ2v) is 28.9. The van der Waals surface area contributed by atoms with Crippen molar-refractivity contribution >= 4 is 148 Å². The maximum atomic E-state index is 13.9. The molecule has 0 aromatic carbocycles. The normalized spacial score (nSPS) is 13.8. The molecule has 13 unspecified atom stereocenters. The van der Waals surface area contributed by atoms with E-state index in [1.807, 2.05) is 0 Å². The fraction of sp³-hybridized carbons (Fsp3) is 0.658. The van der Waals surface area contributed by atoms with Crippen molar-refractivity contribution in [3.8, 4) is 0 Å². The van der Waals surface area contributed by atoms with Crippen LogP contribution >= 0.6 is 0 Å². The van der Waals surface area contributed by atoms with E-state index in [2.05, 4.69) is 79.1 Å². The van der Waals surface area contributed by atoms with E-state index in [0.717, 1.165) is 13.8 Å². The molecule has 0 saturated carbocycles. The Morgan fingerprint density at radius 1 is 0.264 bits per heavy atom. The van der Waals surface area contributed by atoms with Crippen molar-refractivity contribution < 1.29 is 121 Å². The Morgan fingerprint density at radius 3 is 0.680 bits per heavy atom. The van der Waals surface area contributed by atoms with Crippen LogP contribution in [0.25, 0.3) is 0 Å². The van der Waals surface area contributed by atoms with Crippen molar-refractivity contribution in [2.45, 2.75) is 293 Å². The predicted molar refractivity (Wildman–Crippen MR) is 445 cm³/mol. The van der Waals surface area contributed by atoms with Gasteiger partial charge >= 0.3 is 23.9 Å². The summed E-state index contributed by atoms with van der Waals surface area (Å²) in [5.41, 5.74) is 53.8. The van der Waals surface area contributed by atoms with Gasteiger partial charge in [0.1, 0.15) is 78.5 Å². The lowest BCUT2D eigenvalue weighted by atomic mass is 10.0. The van der Waals surface area contributed by atoms with E-state index in [-0.39, 0.29) is 146 Å². The summed E-state index contributed by atoms with van der Waals surface area (Å²) in [4.78, 5) is 273. The van der Waals surface area contributed by atoms with Gasteiger partial charge in [0, 0.05) is 78.3 Å². The molecule has 52 nitrogen and oxygen atoms in total. The number of rotatable bonds is 66. The fourth-order valence-corrected chi connectivity index (χ4v) is 11.4. The number of carboxylic acids is 4. The summed E-state index contributed by atoms with van der Waals surface area (Å²) in [7, 11) is 0. The zero-order valence-electron chi connectivity index (χ0n) is 70.7. The largest absolute Gasteiger partial charge is 0.481 e. The van der Waals surface area contributed by atoms with E-state index in [9.17, 15) is 111 Å². The summed E-state index contributed by atoms with van der Waals surface area (Å²) in [6, 6.07) is -18.4. The molecule has 0 spiro atoms. The van der Waals surface area contributed by atoms with Gasteiger partial charge in [-0.1, -0.05) is 39.5 Å². The molecule has 0 rings (SSSR count). The number of nitrogens with zero attached hydrogens (tertiary/aromatic N) is 2. The molecule has 0 bridgehead atoms. The Bertz CT molecular complexity index is 3780. The highest BCUT2D eigenvalue weighted by molar-refractivity contribution is 6.00. The number of hydrogen-bond donors (Lipinski definition) is 29. The molecule has 0 aliphatic heterocycles. The number of hydrogen-bond acceptors (Lipinski definition) is 25. The van der Waals surface area contributed by atoms with Crippen molar-refractivity contribution in [2.75, 3.05) is 13.1 Å². The number of amides is 17. The summed E-state index contributed by atoms with van der Waals surface area (Å²) < 4.78 is 0. The Balaban J connectivity index is 0. The second-order valence-electron chi connectivity index (χ2n) is 28.9. The first-order valence-corrected chi connectivity index (χ1v) is 40.1. The standard InChI is InChI=1S/C38H66N14O13.C35H61N13O12/c1-4-8-21(48-37(65)26(14-17-30(57)58)52-35(63)24(47-20(3)53)13-16-29(55)56)33(61)51-25(12-15-28(41)54)36(64)49-22(9-5-6-11-27(39)40)34(62)50-23(10-7-18-45-38(43)44)32(60)46-19(2)31(42)59;1-3-7-20(45-34(60)24(13-16-28(53)54)48-32(58)22(43-18(2)49)12-15-27(51)52)30(56)47-23(11-14-26(38)50)33(59)46-21(8-4-5-10-25(36)37)31(57)44-19(29(39)55)9-6-17-42-35(40)41/h19,21-26H,4-18H2,1-3H3,(H3,39,40)(H2,41,54)(H2,42,59)(H,46,60)(H,47,53)(H,48,65)(H,49,64)(H,50,62)(H,51,61)(H,52,63)(H,55,56)(H,57,58)(H4,43,44,45);19-24H,3-17H2,1-2H3,(H3,36,37)(H2,38,50)(H2,39,55)(H,43,49)(H,44,57)(H,45,60)(H,46,59)(H,47,56)(H,48,58)(H,51,52)(H,53,54)(H4,40,41,42). The summed E-state index contributed by atoms with van der Waals surface area (Å²) in [6.07, 6.45) is -3.56. The Morgan fingerprint density at radius 2 is 0.472 bits per heavy atom. The van der Waals surface area contributed by atoms with E-state index >= 15 is 0 Å². The summed E-state index contributed by atoms with van der Waals surface area (Å²) in [5, 5.41) is 83.1. The van der Waals surface area contributed by atoms with Crippen LogP contribution in [-0.4, -0.2) is 260 Å². The minimum absolute atomic E-state index is 0.0299. The van der Waals surface area contributed by atoms with Crippen LogP contribution < -0.4 is 126 Å². The van der Waals surface area contributed by atoms with E-state index in [4.69, 9.17) is 78.4 Å². The highest BCUT2D eigenvalue weighted by atomic mass is 16.4. The average molecular weight is 1780 g/mol. The number of carboxylic acid groups (broad SMARTS) is 4. The van der Waals surface area contributed by atoms with Gasteiger partial charge in [0.15, 0.2) is 11.9 Å². The Kier molecular flexibility index (Phi) is 56.7. The summed E-state index contributed by atoms with van der Waals surface area (Å²) in [6.45, 7) is 6.95. The molecular weight excluding hydrogens is 1650 g/mol. The number of primary amides is 4. The smallest absolute Gasteiger partial charge is 0.303 e. The molecule has 0 saturated heterocycles. The number of nitrogens with two attached hydrogens (primary N) is 10. The first-order valence-electron chi connectivity index (χ1n) is 40.1. The van der Waals surface area contributed by atoms with Gasteiger partial charge in [-0.2, -0.15) is 0 Å². The number of aliphatic imine (C=N–C) groups is 2. The molecule has 0 radical (unpaired) electrons. The van der Waals surface area contributed by atoms with E-state index in [1.165, 1.54) is 6.92 Å². The van der Waals surface area contributed by atoms with Gasteiger partial charge in [-0.05, 0) is 110 Å². The van der Waals surface area contributed by atoms with E-state index in [0.29, 0.717) is 12.8 Å². The van der Waals surface area contributed by atoms with Gasteiger partial charge in [0.2, 0.25) is 100 Å². The molecule has 13 atom stereocenters. The average Bonchev–Trinajstić information content (AvgIpc) is 0.860. The molecule has 0 aliphatic carbocycles.